The molecule has 3 rings (SSSR count). The van der Waals surface area contributed by atoms with Crippen molar-refractivity contribution < 1.29 is 19.1 Å². The lowest BCUT2D eigenvalue weighted by molar-refractivity contribution is -0.141. The summed E-state index contributed by atoms with van der Waals surface area (Å²) in [5.41, 5.74) is 0.502. The summed E-state index contributed by atoms with van der Waals surface area (Å²) < 4.78 is 13.8. The summed E-state index contributed by atoms with van der Waals surface area (Å²) in [7, 11) is 0. The number of aliphatic carboxylic acids is 1. The summed E-state index contributed by atoms with van der Waals surface area (Å²) in [6, 6.07) is 9.31. The largest absolute Gasteiger partial charge is 0.481 e. The van der Waals surface area contributed by atoms with E-state index in [1.165, 1.54) is 17.2 Å². The van der Waals surface area contributed by atoms with Crippen LogP contribution in [0.25, 0.3) is 0 Å². The molecule has 1 fully saturated rings. The molecule has 0 bridgehead atoms. The molecule has 1 aliphatic heterocycles. The predicted octanol–water partition coefficient (Wildman–Crippen LogP) is 2.51. The number of carbonyl (C=O) groups is 2. The van der Waals surface area contributed by atoms with E-state index in [9.17, 15) is 14.0 Å². The van der Waals surface area contributed by atoms with Crippen LogP contribution in [0.3, 0.4) is 0 Å². The number of hydrogen-bond acceptors (Lipinski definition) is 4. The smallest absolute Gasteiger partial charge is 0.308 e. The highest BCUT2D eigenvalue weighted by Crippen LogP contribution is 2.24. The van der Waals surface area contributed by atoms with E-state index in [-0.39, 0.29) is 29.5 Å². The van der Waals surface area contributed by atoms with Crippen molar-refractivity contribution in [2.24, 2.45) is 5.92 Å². The van der Waals surface area contributed by atoms with Crippen molar-refractivity contribution in [2.45, 2.75) is 6.42 Å². The molecule has 2 aromatic rings. The van der Waals surface area contributed by atoms with Crippen LogP contribution in [-0.2, 0) is 4.79 Å². The van der Waals surface area contributed by atoms with Crippen molar-refractivity contribution in [2.75, 3.05) is 18.4 Å². The van der Waals surface area contributed by atoms with Gasteiger partial charge in [0, 0.05) is 19.3 Å². The van der Waals surface area contributed by atoms with E-state index in [1.807, 2.05) is 0 Å². The molecule has 0 radical (unpaired) electrons. The number of benzene rings is 1. The number of carbonyl (C=O) groups excluding carboxylic acids is 1. The van der Waals surface area contributed by atoms with Crippen molar-refractivity contribution in [3.05, 3.63) is 54.0 Å². The fraction of sp³-hybridized carbons (Fsp3) is 0.235. The summed E-state index contributed by atoms with van der Waals surface area (Å²) in [5, 5.41) is 11.9. The van der Waals surface area contributed by atoms with Crippen molar-refractivity contribution in [1.82, 2.24) is 9.88 Å². The Kier molecular flexibility index (Phi) is 4.41. The minimum absolute atomic E-state index is 0.169. The molecule has 6 nitrogen and oxygen atoms in total. The molecule has 1 atom stereocenters. The summed E-state index contributed by atoms with van der Waals surface area (Å²) in [6.07, 6.45) is 1.93. The van der Waals surface area contributed by atoms with Crippen LogP contribution < -0.4 is 5.32 Å². The van der Waals surface area contributed by atoms with Crippen molar-refractivity contribution in [3.63, 3.8) is 0 Å². The summed E-state index contributed by atoms with van der Waals surface area (Å²) in [5.74, 6) is -1.97. The lowest BCUT2D eigenvalue weighted by Gasteiger charge is -2.18. The number of likely N-dealkylation sites (tertiary alicyclic amines) is 1. The maximum atomic E-state index is 13.8. The number of aromatic nitrogens is 1. The van der Waals surface area contributed by atoms with E-state index in [0.29, 0.717) is 13.0 Å². The maximum Gasteiger partial charge on any atom is 0.308 e. The Balaban J connectivity index is 1.83. The number of pyridine rings is 1. The minimum Gasteiger partial charge on any atom is -0.481 e. The zero-order chi connectivity index (χ0) is 17.1. The lowest BCUT2D eigenvalue weighted by Crippen LogP contribution is -2.30. The molecule has 2 heterocycles. The number of nitrogens with one attached hydrogen (secondary N) is 1. The summed E-state index contributed by atoms with van der Waals surface area (Å²) in [6.45, 7) is 0.548. The molecule has 7 heteroatoms. The molecular formula is C17H16FN3O3. The van der Waals surface area contributed by atoms with Gasteiger partial charge in [-0.05, 0) is 30.7 Å². The van der Waals surface area contributed by atoms with Crippen LogP contribution in [0.4, 0.5) is 15.9 Å². The Morgan fingerprint density at radius 1 is 1.25 bits per heavy atom. The van der Waals surface area contributed by atoms with Gasteiger partial charge in [-0.25, -0.2) is 9.37 Å². The van der Waals surface area contributed by atoms with Crippen molar-refractivity contribution in [1.29, 1.82) is 0 Å². The second-order valence-corrected chi connectivity index (χ2v) is 5.58. The van der Waals surface area contributed by atoms with Crippen LogP contribution in [0.5, 0.6) is 0 Å². The molecule has 24 heavy (non-hydrogen) atoms. The highest BCUT2D eigenvalue weighted by Gasteiger charge is 2.32. The third-order valence-electron chi connectivity index (χ3n) is 3.99. The van der Waals surface area contributed by atoms with Gasteiger partial charge in [0.2, 0.25) is 0 Å². The highest BCUT2D eigenvalue weighted by atomic mass is 19.1. The normalized spacial score (nSPS) is 16.9. The molecule has 1 amide bonds. The molecule has 1 aromatic carbocycles. The van der Waals surface area contributed by atoms with Gasteiger partial charge in [0.1, 0.15) is 11.6 Å². The summed E-state index contributed by atoms with van der Waals surface area (Å²) >= 11 is 0. The first kappa shape index (κ1) is 15.9. The van der Waals surface area contributed by atoms with Gasteiger partial charge in [0.15, 0.2) is 0 Å². The fourth-order valence-corrected chi connectivity index (χ4v) is 2.68. The Morgan fingerprint density at radius 2 is 2.04 bits per heavy atom. The third-order valence-corrected chi connectivity index (χ3v) is 3.99. The van der Waals surface area contributed by atoms with Crippen LogP contribution in [0.1, 0.15) is 16.8 Å². The minimum atomic E-state index is -0.902. The van der Waals surface area contributed by atoms with Gasteiger partial charge in [-0.2, -0.15) is 0 Å². The van der Waals surface area contributed by atoms with Gasteiger partial charge < -0.3 is 15.3 Å². The molecule has 0 unspecified atom stereocenters. The van der Waals surface area contributed by atoms with Gasteiger partial charge in [0.05, 0.1) is 17.2 Å². The van der Waals surface area contributed by atoms with E-state index >= 15 is 0 Å². The van der Waals surface area contributed by atoms with Crippen LogP contribution in [0, 0.1) is 11.7 Å². The highest BCUT2D eigenvalue weighted by molar-refractivity contribution is 5.99. The van der Waals surface area contributed by atoms with Gasteiger partial charge in [-0.1, -0.05) is 12.1 Å². The Morgan fingerprint density at radius 3 is 2.75 bits per heavy atom. The first-order valence-corrected chi connectivity index (χ1v) is 7.55. The van der Waals surface area contributed by atoms with E-state index in [2.05, 4.69) is 10.3 Å². The van der Waals surface area contributed by atoms with Gasteiger partial charge in [-0.3, -0.25) is 9.59 Å². The second kappa shape index (κ2) is 6.66. The van der Waals surface area contributed by atoms with Crippen molar-refractivity contribution >= 4 is 23.4 Å². The number of amides is 1. The van der Waals surface area contributed by atoms with Crippen LogP contribution in [-0.4, -0.2) is 40.0 Å². The van der Waals surface area contributed by atoms with E-state index in [1.54, 1.807) is 30.3 Å². The molecule has 0 saturated carbocycles. The molecule has 1 saturated heterocycles. The second-order valence-electron chi connectivity index (χ2n) is 5.58. The SMILES string of the molecule is O=C(O)[C@H]1CCN(C(=O)c2cccnc2Nc2ccccc2F)C1. The van der Waals surface area contributed by atoms with Crippen LogP contribution >= 0.6 is 0 Å². The average Bonchev–Trinajstić information content (AvgIpc) is 3.07. The Labute approximate surface area is 137 Å². The van der Waals surface area contributed by atoms with Gasteiger partial charge in [-0.15, -0.1) is 0 Å². The number of nitrogens with zero attached hydrogens (tertiary/aromatic N) is 2. The number of carboxylic acids is 1. The quantitative estimate of drug-likeness (QED) is 0.900. The Hall–Kier alpha value is -2.96. The molecule has 0 aliphatic carbocycles. The van der Waals surface area contributed by atoms with Crippen LogP contribution in [0.15, 0.2) is 42.6 Å². The number of hydrogen-bond donors (Lipinski definition) is 2. The molecule has 0 spiro atoms. The first-order valence-electron chi connectivity index (χ1n) is 7.55. The number of carboxylic acid groups (broad SMARTS) is 1. The average molecular weight is 329 g/mol. The van der Waals surface area contributed by atoms with Gasteiger partial charge >= 0.3 is 5.97 Å². The van der Waals surface area contributed by atoms with E-state index in [4.69, 9.17) is 5.11 Å². The number of halogens is 1. The molecule has 1 aliphatic rings. The van der Waals surface area contributed by atoms with E-state index < -0.39 is 17.7 Å². The number of rotatable bonds is 4. The van der Waals surface area contributed by atoms with Crippen molar-refractivity contribution in [3.8, 4) is 0 Å². The maximum absolute atomic E-state index is 13.8. The zero-order valence-electron chi connectivity index (χ0n) is 12.8. The lowest BCUT2D eigenvalue weighted by atomic mass is 10.1. The van der Waals surface area contributed by atoms with Gasteiger partial charge in [0.25, 0.3) is 5.91 Å². The van der Waals surface area contributed by atoms with Crippen LogP contribution in [0.2, 0.25) is 0 Å². The molecule has 2 N–H and O–H groups in total. The molecular weight excluding hydrogens is 313 g/mol. The fourth-order valence-electron chi connectivity index (χ4n) is 2.68. The molecule has 1 aromatic heterocycles. The number of anilines is 2. The number of para-hydroxylation sites is 1. The Bertz CT molecular complexity index is 781. The standard InChI is InChI=1S/C17H16FN3O3/c18-13-5-1-2-6-14(13)20-15-12(4-3-8-19-15)16(22)21-9-7-11(10-21)17(23)24/h1-6,8,11H,7,9-10H2,(H,19,20)(H,23,24)/t11-/m0/s1. The third kappa shape index (κ3) is 3.19. The monoisotopic (exact) mass is 329 g/mol. The first-order chi connectivity index (χ1) is 11.6. The summed E-state index contributed by atoms with van der Waals surface area (Å²) in [4.78, 5) is 29.3. The topological polar surface area (TPSA) is 82.5 Å². The van der Waals surface area contributed by atoms with E-state index in [0.717, 1.165) is 0 Å². The predicted molar refractivity (Wildman–Crippen MR) is 85.6 cm³/mol. The molecule has 124 valence electrons. The zero-order valence-corrected chi connectivity index (χ0v) is 12.8.